The van der Waals surface area contributed by atoms with Gasteiger partial charge >= 0.3 is 0 Å². The number of benzene rings is 2. The summed E-state index contributed by atoms with van der Waals surface area (Å²) in [4.78, 5) is 32.7. The molecule has 0 spiro atoms. The van der Waals surface area contributed by atoms with Gasteiger partial charge in [0.2, 0.25) is 5.91 Å². The standard InChI is InChI=1S/C28H30FN3O2/c1-28(2,31-26(33)21-11-6-13-23(29)18-21)27(34)32-16-8-12-22(19-32)25-15-7-14-24(30-25)17-20-9-4-3-5-10-20/h3-7,9-11,13-15,18,22H,8,12,16-17,19H2,1-2H3,(H,31,33)/t22-/m0/s1. The highest BCUT2D eigenvalue weighted by Crippen LogP contribution is 2.27. The molecule has 1 atom stereocenters. The number of halogens is 1. The molecule has 0 aliphatic carbocycles. The van der Waals surface area contributed by atoms with Crippen molar-refractivity contribution in [3.63, 3.8) is 0 Å². The van der Waals surface area contributed by atoms with Gasteiger partial charge < -0.3 is 10.2 Å². The van der Waals surface area contributed by atoms with Crippen LogP contribution in [-0.4, -0.2) is 40.3 Å². The fourth-order valence-electron chi connectivity index (χ4n) is 4.47. The van der Waals surface area contributed by atoms with Crippen LogP contribution < -0.4 is 5.32 Å². The zero-order valence-electron chi connectivity index (χ0n) is 19.6. The predicted octanol–water partition coefficient (Wildman–Crippen LogP) is 4.73. The van der Waals surface area contributed by atoms with Gasteiger partial charge in [0.1, 0.15) is 11.4 Å². The highest BCUT2D eigenvalue weighted by Gasteiger charge is 2.36. The minimum absolute atomic E-state index is 0.142. The number of nitrogens with zero attached hydrogens (tertiary/aromatic N) is 2. The molecule has 1 N–H and O–H groups in total. The monoisotopic (exact) mass is 459 g/mol. The maximum atomic E-state index is 13.5. The molecule has 3 aromatic rings. The predicted molar refractivity (Wildman–Crippen MR) is 130 cm³/mol. The van der Waals surface area contributed by atoms with Gasteiger partial charge in [-0.15, -0.1) is 0 Å². The van der Waals surface area contributed by atoms with Gasteiger partial charge in [-0.3, -0.25) is 14.6 Å². The molecule has 4 rings (SSSR count). The van der Waals surface area contributed by atoms with E-state index >= 15 is 0 Å². The summed E-state index contributed by atoms with van der Waals surface area (Å²) in [5.41, 5.74) is 2.29. The van der Waals surface area contributed by atoms with Crippen LogP contribution in [-0.2, 0) is 11.2 Å². The molecular weight excluding hydrogens is 429 g/mol. The topological polar surface area (TPSA) is 62.3 Å². The molecule has 1 saturated heterocycles. The van der Waals surface area contributed by atoms with Crippen LogP contribution in [0.1, 0.15) is 59.9 Å². The number of carbonyl (C=O) groups is 2. The van der Waals surface area contributed by atoms with Crippen molar-refractivity contribution in [1.29, 1.82) is 0 Å². The van der Waals surface area contributed by atoms with Crippen molar-refractivity contribution in [2.75, 3.05) is 13.1 Å². The van der Waals surface area contributed by atoms with Gasteiger partial charge in [-0.25, -0.2) is 4.39 Å². The zero-order valence-corrected chi connectivity index (χ0v) is 19.6. The van der Waals surface area contributed by atoms with E-state index in [1.165, 1.54) is 29.8 Å². The molecule has 0 radical (unpaired) electrons. The van der Waals surface area contributed by atoms with Crippen molar-refractivity contribution in [2.45, 2.75) is 44.6 Å². The Morgan fingerprint density at radius 2 is 1.82 bits per heavy atom. The molecule has 1 aliphatic heterocycles. The number of carbonyl (C=O) groups excluding carboxylic acids is 2. The summed E-state index contributed by atoms with van der Waals surface area (Å²) in [7, 11) is 0. The molecule has 176 valence electrons. The summed E-state index contributed by atoms with van der Waals surface area (Å²) >= 11 is 0. The lowest BCUT2D eigenvalue weighted by Gasteiger charge is -2.37. The van der Waals surface area contributed by atoms with Crippen LogP contribution in [0.2, 0.25) is 0 Å². The van der Waals surface area contributed by atoms with Gasteiger partial charge in [0.25, 0.3) is 5.91 Å². The summed E-state index contributed by atoms with van der Waals surface area (Å²) < 4.78 is 13.5. The Bertz CT molecular complexity index is 1160. The van der Waals surface area contributed by atoms with E-state index in [1.807, 2.05) is 41.3 Å². The van der Waals surface area contributed by atoms with Gasteiger partial charge in [0.15, 0.2) is 0 Å². The fraction of sp³-hybridized carbons (Fsp3) is 0.321. The van der Waals surface area contributed by atoms with E-state index in [9.17, 15) is 14.0 Å². The number of pyridine rings is 1. The maximum Gasteiger partial charge on any atom is 0.252 e. The first-order chi connectivity index (χ1) is 16.3. The van der Waals surface area contributed by atoms with E-state index in [1.54, 1.807) is 13.8 Å². The number of amides is 2. The Kier molecular flexibility index (Phi) is 7.06. The second-order valence-electron chi connectivity index (χ2n) is 9.40. The molecule has 34 heavy (non-hydrogen) atoms. The van der Waals surface area contributed by atoms with Crippen molar-refractivity contribution in [1.82, 2.24) is 15.2 Å². The first kappa shape index (κ1) is 23.6. The molecule has 0 bridgehead atoms. The number of piperidine rings is 1. The Labute approximate surface area is 200 Å². The molecular formula is C28H30FN3O2. The average Bonchev–Trinajstić information content (AvgIpc) is 2.84. The third kappa shape index (κ3) is 5.68. The molecule has 2 heterocycles. The second-order valence-corrected chi connectivity index (χ2v) is 9.40. The summed E-state index contributed by atoms with van der Waals surface area (Å²) in [5.74, 6) is -0.968. The first-order valence-electron chi connectivity index (χ1n) is 11.7. The molecule has 2 amide bonds. The molecule has 1 aliphatic rings. The Balaban J connectivity index is 1.43. The normalized spacial score (nSPS) is 16.2. The van der Waals surface area contributed by atoms with Crippen molar-refractivity contribution in [3.8, 4) is 0 Å². The van der Waals surface area contributed by atoms with Crippen molar-refractivity contribution >= 4 is 11.8 Å². The summed E-state index contributed by atoms with van der Waals surface area (Å²) in [6, 6.07) is 21.8. The summed E-state index contributed by atoms with van der Waals surface area (Å²) in [5, 5.41) is 2.78. The third-order valence-electron chi connectivity index (χ3n) is 6.23. The Hall–Kier alpha value is -3.54. The Morgan fingerprint density at radius 3 is 2.59 bits per heavy atom. The summed E-state index contributed by atoms with van der Waals surface area (Å²) in [6.07, 6.45) is 2.60. The van der Waals surface area contributed by atoms with E-state index in [0.717, 1.165) is 30.7 Å². The lowest BCUT2D eigenvalue weighted by atomic mass is 9.92. The number of hydrogen-bond donors (Lipinski definition) is 1. The number of aromatic nitrogens is 1. The molecule has 1 aromatic heterocycles. The molecule has 1 fully saturated rings. The highest BCUT2D eigenvalue weighted by atomic mass is 19.1. The largest absolute Gasteiger partial charge is 0.340 e. The SMILES string of the molecule is CC(C)(NC(=O)c1cccc(F)c1)C(=O)N1CCC[C@H](c2cccc(Cc3ccccc3)n2)C1. The van der Waals surface area contributed by atoms with Crippen LogP contribution in [0.3, 0.4) is 0 Å². The molecule has 0 saturated carbocycles. The minimum Gasteiger partial charge on any atom is -0.340 e. The van der Waals surface area contributed by atoms with Crippen LogP contribution in [0.25, 0.3) is 0 Å². The van der Waals surface area contributed by atoms with E-state index in [-0.39, 0.29) is 17.4 Å². The van der Waals surface area contributed by atoms with E-state index in [2.05, 4.69) is 17.4 Å². The highest BCUT2D eigenvalue weighted by molar-refractivity contribution is 5.99. The van der Waals surface area contributed by atoms with Gasteiger partial charge in [0, 0.05) is 42.4 Å². The van der Waals surface area contributed by atoms with Crippen LogP contribution in [0, 0.1) is 5.82 Å². The average molecular weight is 460 g/mol. The maximum absolute atomic E-state index is 13.5. The lowest BCUT2D eigenvalue weighted by Crippen LogP contribution is -2.57. The van der Waals surface area contributed by atoms with Crippen LogP contribution in [0.15, 0.2) is 72.8 Å². The van der Waals surface area contributed by atoms with Crippen LogP contribution in [0.4, 0.5) is 4.39 Å². The van der Waals surface area contributed by atoms with Crippen molar-refractivity contribution < 1.29 is 14.0 Å². The Morgan fingerprint density at radius 1 is 1.06 bits per heavy atom. The lowest BCUT2D eigenvalue weighted by molar-refractivity contribution is -0.138. The number of likely N-dealkylation sites (tertiary alicyclic amines) is 1. The van der Waals surface area contributed by atoms with Crippen molar-refractivity contribution in [3.05, 3.63) is 101 Å². The van der Waals surface area contributed by atoms with Gasteiger partial charge in [0.05, 0.1) is 0 Å². The number of hydrogen-bond acceptors (Lipinski definition) is 3. The van der Waals surface area contributed by atoms with E-state index < -0.39 is 17.3 Å². The van der Waals surface area contributed by atoms with Gasteiger partial charge in [-0.05, 0) is 62.6 Å². The van der Waals surface area contributed by atoms with Gasteiger partial charge in [-0.2, -0.15) is 0 Å². The number of rotatable bonds is 6. The molecule has 0 unspecified atom stereocenters. The van der Waals surface area contributed by atoms with Crippen LogP contribution in [0.5, 0.6) is 0 Å². The van der Waals surface area contributed by atoms with Crippen LogP contribution >= 0.6 is 0 Å². The molecule has 2 aromatic carbocycles. The zero-order chi connectivity index (χ0) is 24.1. The smallest absolute Gasteiger partial charge is 0.252 e. The first-order valence-corrected chi connectivity index (χ1v) is 11.7. The fourth-order valence-corrected chi connectivity index (χ4v) is 4.47. The van der Waals surface area contributed by atoms with Crippen molar-refractivity contribution in [2.24, 2.45) is 0 Å². The quantitative estimate of drug-likeness (QED) is 0.580. The second kappa shape index (κ2) is 10.2. The molecule has 5 nitrogen and oxygen atoms in total. The summed E-state index contributed by atoms with van der Waals surface area (Å²) in [6.45, 7) is 4.57. The van der Waals surface area contributed by atoms with Gasteiger partial charge in [-0.1, -0.05) is 42.5 Å². The third-order valence-corrected chi connectivity index (χ3v) is 6.23. The minimum atomic E-state index is -1.12. The van der Waals surface area contributed by atoms with E-state index in [0.29, 0.717) is 13.1 Å². The van der Waals surface area contributed by atoms with E-state index in [4.69, 9.17) is 4.98 Å². The molecule has 6 heteroatoms. The number of nitrogens with one attached hydrogen (secondary N) is 1.